The molecule has 19 heavy (non-hydrogen) atoms. The standard InChI is InChI=1S/C13H19N3O2S/c17-12(7-9-8-18-6-5-14-9)16-13-15-10-3-1-2-4-11(10)19-13/h9,14H,1-8H2,(H,15,16,17). The number of nitrogens with one attached hydrogen (secondary N) is 2. The van der Waals surface area contributed by atoms with E-state index in [1.165, 1.54) is 23.4 Å². The van der Waals surface area contributed by atoms with Gasteiger partial charge in [-0.25, -0.2) is 4.98 Å². The zero-order valence-corrected chi connectivity index (χ0v) is 11.7. The van der Waals surface area contributed by atoms with Crippen LogP contribution in [0.1, 0.15) is 29.8 Å². The lowest BCUT2D eigenvalue weighted by atomic mass is 10.0. The molecule has 1 aromatic rings. The van der Waals surface area contributed by atoms with Crippen molar-refractivity contribution in [2.45, 2.75) is 38.1 Å². The average molecular weight is 281 g/mol. The first-order valence-electron chi connectivity index (χ1n) is 6.91. The molecule has 5 nitrogen and oxygen atoms in total. The molecule has 1 atom stereocenters. The van der Waals surface area contributed by atoms with E-state index in [0.29, 0.717) is 13.0 Å². The van der Waals surface area contributed by atoms with Gasteiger partial charge in [-0.15, -0.1) is 11.3 Å². The molecule has 2 N–H and O–H groups in total. The van der Waals surface area contributed by atoms with Gasteiger partial charge in [0.2, 0.25) is 5.91 Å². The Bertz CT molecular complexity index is 431. The second-order valence-electron chi connectivity index (χ2n) is 5.07. The van der Waals surface area contributed by atoms with Crippen molar-refractivity contribution in [3.63, 3.8) is 0 Å². The predicted octanol–water partition coefficient (Wildman–Crippen LogP) is 1.34. The summed E-state index contributed by atoms with van der Waals surface area (Å²) in [5.41, 5.74) is 1.19. The average Bonchev–Trinajstić information content (AvgIpc) is 2.81. The Morgan fingerprint density at radius 2 is 2.37 bits per heavy atom. The van der Waals surface area contributed by atoms with Crippen LogP contribution in [0.2, 0.25) is 0 Å². The normalized spacial score (nSPS) is 22.8. The highest BCUT2D eigenvalue weighted by atomic mass is 32.1. The lowest BCUT2D eigenvalue weighted by Gasteiger charge is -2.22. The molecule has 1 amide bonds. The van der Waals surface area contributed by atoms with Gasteiger partial charge in [-0.1, -0.05) is 0 Å². The molecule has 2 aliphatic rings. The van der Waals surface area contributed by atoms with Crippen LogP contribution in [0, 0.1) is 0 Å². The number of nitrogens with zero attached hydrogens (tertiary/aromatic N) is 1. The van der Waals surface area contributed by atoms with Gasteiger partial charge in [-0.05, 0) is 25.7 Å². The van der Waals surface area contributed by atoms with E-state index in [-0.39, 0.29) is 11.9 Å². The van der Waals surface area contributed by atoms with Crippen LogP contribution in [0.3, 0.4) is 0 Å². The van der Waals surface area contributed by atoms with Crippen molar-refractivity contribution in [1.29, 1.82) is 0 Å². The topological polar surface area (TPSA) is 63.2 Å². The number of carbonyl (C=O) groups excluding carboxylic acids is 1. The van der Waals surface area contributed by atoms with E-state index in [9.17, 15) is 4.79 Å². The van der Waals surface area contributed by atoms with Crippen LogP contribution in [0.5, 0.6) is 0 Å². The SMILES string of the molecule is O=C(CC1COCCN1)Nc1nc2c(s1)CCCC2. The molecule has 0 bridgehead atoms. The molecule has 0 radical (unpaired) electrons. The van der Waals surface area contributed by atoms with E-state index in [4.69, 9.17) is 4.74 Å². The molecule has 2 heterocycles. The second-order valence-corrected chi connectivity index (χ2v) is 6.16. The fourth-order valence-electron chi connectivity index (χ4n) is 2.55. The van der Waals surface area contributed by atoms with Crippen LogP contribution in [-0.2, 0) is 22.4 Å². The van der Waals surface area contributed by atoms with E-state index in [1.807, 2.05) is 0 Å². The first kappa shape index (κ1) is 13.0. The molecular formula is C13H19N3O2S. The summed E-state index contributed by atoms with van der Waals surface area (Å²) in [6.45, 7) is 2.17. The minimum Gasteiger partial charge on any atom is -0.378 e. The molecule has 1 aliphatic heterocycles. The van der Waals surface area contributed by atoms with Gasteiger partial charge in [-0.2, -0.15) is 0 Å². The lowest BCUT2D eigenvalue weighted by Crippen LogP contribution is -2.43. The van der Waals surface area contributed by atoms with Crippen LogP contribution in [0.4, 0.5) is 5.13 Å². The molecule has 6 heteroatoms. The Hall–Kier alpha value is -0.980. The molecular weight excluding hydrogens is 262 g/mol. The summed E-state index contributed by atoms with van der Waals surface area (Å²) in [4.78, 5) is 17.8. The summed E-state index contributed by atoms with van der Waals surface area (Å²) in [6.07, 6.45) is 5.07. The summed E-state index contributed by atoms with van der Waals surface area (Å²) >= 11 is 1.63. The molecule has 104 valence electrons. The molecule has 1 fully saturated rings. The van der Waals surface area contributed by atoms with Gasteiger partial charge >= 0.3 is 0 Å². The number of ether oxygens (including phenoxy) is 1. The van der Waals surface area contributed by atoms with E-state index in [2.05, 4.69) is 15.6 Å². The van der Waals surface area contributed by atoms with Crippen LogP contribution >= 0.6 is 11.3 Å². The highest BCUT2D eigenvalue weighted by Crippen LogP contribution is 2.29. The molecule has 1 unspecified atom stereocenters. The van der Waals surface area contributed by atoms with Crippen LogP contribution in [-0.4, -0.2) is 36.7 Å². The number of hydrogen-bond acceptors (Lipinski definition) is 5. The largest absolute Gasteiger partial charge is 0.378 e. The molecule has 0 spiro atoms. The number of fused-ring (bicyclic) bond motifs is 1. The van der Waals surface area contributed by atoms with Gasteiger partial charge in [0.05, 0.1) is 18.9 Å². The van der Waals surface area contributed by atoms with Crippen molar-refractivity contribution < 1.29 is 9.53 Å². The van der Waals surface area contributed by atoms with Crippen molar-refractivity contribution in [2.75, 3.05) is 25.1 Å². The third kappa shape index (κ3) is 3.32. The maximum Gasteiger partial charge on any atom is 0.227 e. The number of amides is 1. The molecule has 0 aromatic carbocycles. The zero-order chi connectivity index (χ0) is 13.1. The summed E-state index contributed by atoms with van der Waals surface area (Å²) in [6, 6.07) is 0.128. The van der Waals surface area contributed by atoms with Crippen molar-refractivity contribution in [3.8, 4) is 0 Å². The predicted molar refractivity (Wildman–Crippen MR) is 74.6 cm³/mol. The fourth-order valence-corrected chi connectivity index (χ4v) is 3.62. The monoisotopic (exact) mass is 281 g/mol. The maximum absolute atomic E-state index is 12.0. The second kappa shape index (κ2) is 5.98. The smallest absolute Gasteiger partial charge is 0.227 e. The molecule has 1 aromatic heterocycles. The van der Waals surface area contributed by atoms with E-state index in [1.54, 1.807) is 11.3 Å². The number of anilines is 1. The number of aryl methyl sites for hydroxylation is 2. The van der Waals surface area contributed by atoms with E-state index < -0.39 is 0 Å². The number of hydrogen-bond donors (Lipinski definition) is 2. The van der Waals surface area contributed by atoms with Crippen LogP contribution in [0.15, 0.2) is 0 Å². The first-order chi connectivity index (χ1) is 9.31. The third-order valence-electron chi connectivity index (χ3n) is 3.52. The van der Waals surface area contributed by atoms with Crippen molar-refractivity contribution in [1.82, 2.24) is 10.3 Å². The Balaban J connectivity index is 1.55. The Morgan fingerprint density at radius 3 is 3.16 bits per heavy atom. The molecule has 1 aliphatic carbocycles. The van der Waals surface area contributed by atoms with Crippen LogP contribution in [0.25, 0.3) is 0 Å². The van der Waals surface area contributed by atoms with Crippen molar-refractivity contribution >= 4 is 22.4 Å². The molecule has 0 saturated carbocycles. The Morgan fingerprint density at radius 1 is 1.47 bits per heavy atom. The number of morpholine rings is 1. The fraction of sp³-hybridized carbons (Fsp3) is 0.692. The number of carbonyl (C=O) groups is 1. The quantitative estimate of drug-likeness (QED) is 0.877. The van der Waals surface area contributed by atoms with Gasteiger partial charge in [-0.3, -0.25) is 4.79 Å². The Kier molecular flexibility index (Phi) is 4.10. The first-order valence-corrected chi connectivity index (χ1v) is 7.72. The highest BCUT2D eigenvalue weighted by Gasteiger charge is 2.19. The minimum atomic E-state index is 0.0223. The molecule has 1 saturated heterocycles. The number of rotatable bonds is 3. The summed E-state index contributed by atoms with van der Waals surface area (Å²) < 4.78 is 5.34. The maximum atomic E-state index is 12.0. The summed E-state index contributed by atoms with van der Waals surface area (Å²) in [7, 11) is 0. The third-order valence-corrected chi connectivity index (χ3v) is 4.60. The van der Waals surface area contributed by atoms with Crippen molar-refractivity contribution in [2.24, 2.45) is 0 Å². The Labute approximate surface area is 116 Å². The lowest BCUT2D eigenvalue weighted by molar-refractivity contribution is -0.117. The van der Waals surface area contributed by atoms with Crippen LogP contribution < -0.4 is 10.6 Å². The highest BCUT2D eigenvalue weighted by molar-refractivity contribution is 7.15. The van der Waals surface area contributed by atoms with E-state index in [0.717, 1.165) is 31.1 Å². The minimum absolute atomic E-state index is 0.0223. The molecule has 3 rings (SSSR count). The summed E-state index contributed by atoms with van der Waals surface area (Å²) in [5, 5.41) is 6.96. The van der Waals surface area contributed by atoms with Gasteiger partial charge in [0, 0.05) is 23.9 Å². The van der Waals surface area contributed by atoms with Crippen molar-refractivity contribution in [3.05, 3.63) is 10.6 Å². The van der Waals surface area contributed by atoms with Gasteiger partial charge < -0.3 is 15.4 Å². The zero-order valence-electron chi connectivity index (χ0n) is 10.9. The number of aromatic nitrogens is 1. The van der Waals surface area contributed by atoms with Gasteiger partial charge in [0.1, 0.15) is 0 Å². The summed E-state index contributed by atoms with van der Waals surface area (Å²) in [5.74, 6) is 0.0223. The van der Waals surface area contributed by atoms with Gasteiger partial charge in [0.15, 0.2) is 5.13 Å². The van der Waals surface area contributed by atoms with Gasteiger partial charge in [0.25, 0.3) is 0 Å². The number of thiazole rings is 1. The van der Waals surface area contributed by atoms with E-state index >= 15 is 0 Å².